The normalized spacial score (nSPS) is 15.0. The highest BCUT2D eigenvalue weighted by Gasteiger charge is 2.12. The highest BCUT2D eigenvalue weighted by Crippen LogP contribution is 2.28. The SMILES string of the molecule is Cc1nc(C)c(-c2ccnc(Nc3cccc(CN4CCNCC4)c3)n2)s1. The van der Waals surface area contributed by atoms with Gasteiger partial charge in [0.25, 0.3) is 0 Å². The topological polar surface area (TPSA) is 66.0 Å². The summed E-state index contributed by atoms with van der Waals surface area (Å²) < 4.78 is 0. The van der Waals surface area contributed by atoms with Gasteiger partial charge in [0.15, 0.2) is 0 Å². The van der Waals surface area contributed by atoms with Crippen LogP contribution in [0.15, 0.2) is 36.5 Å². The Kier molecular flexibility index (Phi) is 5.42. The second-order valence-corrected chi connectivity index (χ2v) is 7.97. The van der Waals surface area contributed by atoms with Gasteiger partial charge in [0.2, 0.25) is 5.95 Å². The Morgan fingerprint density at radius 3 is 2.78 bits per heavy atom. The van der Waals surface area contributed by atoms with Gasteiger partial charge in [-0.1, -0.05) is 12.1 Å². The van der Waals surface area contributed by atoms with Crippen LogP contribution < -0.4 is 10.6 Å². The molecule has 1 aliphatic heterocycles. The number of hydrogen-bond donors (Lipinski definition) is 2. The molecule has 3 heterocycles. The summed E-state index contributed by atoms with van der Waals surface area (Å²) in [6, 6.07) is 10.4. The van der Waals surface area contributed by atoms with Crippen LogP contribution in [0, 0.1) is 13.8 Å². The van der Waals surface area contributed by atoms with Gasteiger partial charge in [0, 0.05) is 44.6 Å². The van der Waals surface area contributed by atoms with E-state index in [1.54, 1.807) is 17.5 Å². The Morgan fingerprint density at radius 1 is 1.15 bits per heavy atom. The smallest absolute Gasteiger partial charge is 0.227 e. The van der Waals surface area contributed by atoms with Crippen molar-refractivity contribution in [2.75, 3.05) is 31.5 Å². The highest BCUT2D eigenvalue weighted by atomic mass is 32.1. The maximum absolute atomic E-state index is 4.69. The summed E-state index contributed by atoms with van der Waals surface area (Å²) >= 11 is 1.66. The lowest BCUT2D eigenvalue weighted by Crippen LogP contribution is -2.42. The number of benzene rings is 1. The van der Waals surface area contributed by atoms with Crippen LogP contribution in [0.4, 0.5) is 11.6 Å². The molecule has 0 saturated carbocycles. The first kappa shape index (κ1) is 18.0. The van der Waals surface area contributed by atoms with Gasteiger partial charge in [0.1, 0.15) is 0 Å². The molecular formula is C20H24N6S. The lowest BCUT2D eigenvalue weighted by molar-refractivity contribution is 0.233. The predicted octanol–water partition coefficient (Wildman–Crippen LogP) is 3.37. The first-order valence-electron chi connectivity index (χ1n) is 9.24. The summed E-state index contributed by atoms with van der Waals surface area (Å²) in [4.78, 5) is 17.1. The fourth-order valence-electron chi connectivity index (χ4n) is 3.32. The van der Waals surface area contributed by atoms with Crippen molar-refractivity contribution < 1.29 is 0 Å². The summed E-state index contributed by atoms with van der Waals surface area (Å²) in [7, 11) is 0. The zero-order chi connectivity index (χ0) is 18.6. The molecular weight excluding hydrogens is 356 g/mol. The number of nitrogens with one attached hydrogen (secondary N) is 2. The van der Waals surface area contributed by atoms with Gasteiger partial charge >= 0.3 is 0 Å². The van der Waals surface area contributed by atoms with Crippen molar-refractivity contribution in [1.82, 2.24) is 25.2 Å². The van der Waals surface area contributed by atoms with Crippen molar-refractivity contribution in [3.63, 3.8) is 0 Å². The largest absolute Gasteiger partial charge is 0.324 e. The van der Waals surface area contributed by atoms with Crippen LogP contribution in [0.3, 0.4) is 0 Å². The lowest BCUT2D eigenvalue weighted by atomic mass is 10.2. The van der Waals surface area contributed by atoms with Crippen molar-refractivity contribution >= 4 is 23.0 Å². The Balaban J connectivity index is 1.50. The van der Waals surface area contributed by atoms with Crippen molar-refractivity contribution in [1.29, 1.82) is 0 Å². The Labute approximate surface area is 163 Å². The molecule has 0 radical (unpaired) electrons. The number of aryl methyl sites for hydroxylation is 2. The van der Waals surface area contributed by atoms with Crippen molar-refractivity contribution in [2.24, 2.45) is 0 Å². The van der Waals surface area contributed by atoms with Crippen molar-refractivity contribution in [3.05, 3.63) is 52.8 Å². The highest BCUT2D eigenvalue weighted by molar-refractivity contribution is 7.15. The molecule has 1 aromatic carbocycles. The van der Waals surface area contributed by atoms with Gasteiger partial charge < -0.3 is 10.6 Å². The molecule has 0 amide bonds. The van der Waals surface area contributed by atoms with Gasteiger partial charge in [-0.25, -0.2) is 15.0 Å². The quantitative estimate of drug-likeness (QED) is 0.708. The van der Waals surface area contributed by atoms with E-state index >= 15 is 0 Å². The molecule has 0 spiro atoms. The van der Waals surface area contributed by atoms with Crippen molar-refractivity contribution in [2.45, 2.75) is 20.4 Å². The van der Waals surface area contributed by atoms with Crippen LogP contribution >= 0.6 is 11.3 Å². The number of thiazole rings is 1. The van der Waals surface area contributed by atoms with Crippen LogP contribution in [-0.4, -0.2) is 46.0 Å². The Morgan fingerprint density at radius 2 is 2.00 bits per heavy atom. The van der Waals surface area contributed by atoms with Gasteiger partial charge in [0.05, 0.1) is 21.3 Å². The zero-order valence-corrected chi connectivity index (χ0v) is 16.5. The maximum atomic E-state index is 4.69. The molecule has 140 valence electrons. The van der Waals surface area contributed by atoms with E-state index in [0.29, 0.717) is 5.95 Å². The van der Waals surface area contributed by atoms with E-state index in [1.165, 1.54) is 5.56 Å². The molecule has 4 rings (SSSR count). The second kappa shape index (κ2) is 8.12. The van der Waals surface area contributed by atoms with E-state index in [9.17, 15) is 0 Å². The summed E-state index contributed by atoms with van der Waals surface area (Å²) in [5, 5.41) is 7.80. The molecule has 0 bridgehead atoms. The number of nitrogens with zero attached hydrogens (tertiary/aromatic N) is 4. The molecule has 0 atom stereocenters. The van der Waals surface area contributed by atoms with Crippen molar-refractivity contribution in [3.8, 4) is 10.6 Å². The summed E-state index contributed by atoms with van der Waals surface area (Å²) in [6.07, 6.45) is 1.80. The van der Waals surface area contributed by atoms with Crippen LogP contribution in [-0.2, 0) is 6.54 Å². The molecule has 1 aliphatic rings. The van der Waals surface area contributed by atoms with E-state index in [0.717, 1.165) is 59.7 Å². The first-order chi connectivity index (χ1) is 13.2. The third-order valence-electron chi connectivity index (χ3n) is 4.59. The van der Waals surface area contributed by atoms with Crippen LogP contribution in [0.5, 0.6) is 0 Å². The van der Waals surface area contributed by atoms with E-state index in [-0.39, 0.29) is 0 Å². The average Bonchev–Trinajstić information content (AvgIpc) is 3.01. The molecule has 1 saturated heterocycles. The molecule has 1 fully saturated rings. The molecule has 3 aromatic rings. The number of hydrogen-bond acceptors (Lipinski definition) is 7. The standard InChI is InChI=1S/C20H24N6S/c1-14-19(27-15(2)23-14)18-6-7-22-20(25-18)24-17-5-3-4-16(12-17)13-26-10-8-21-9-11-26/h3-7,12,21H,8-11,13H2,1-2H3,(H,22,24,25). The summed E-state index contributed by atoms with van der Waals surface area (Å²) in [5.74, 6) is 0.609. The number of anilines is 2. The minimum atomic E-state index is 0.609. The van der Waals surface area contributed by atoms with Gasteiger partial charge in [-0.3, -0.25) is 4.90 Å². The lowest BCUT2D eigenvalue weighted by Gasteiger charge is -2.27. The molecule has 6 nitrogen and oxygen atoms in total. The van der Waals surface area contributed by atoms with Crippen LogP contribution in [0.25, 0.3) is 10.6 Å². The molecule has 0 aliphatic carbocycles. The zero-order valence-electron chi connectivity index (χ0n) is 15.7. The Bertz CT molecular complexity index is 916. The third kappa shape index (κ3) is 4.50. The molecule has 2 N–H and O–H groups in total. The minimum absolute atomic E-state index is 0.609. The monoisotopic (exact) mass is 380 g/mol. The van der Waals surface area contributed by atoms with E-state index < -0.39 is 0 Å². The minimum Gasteiger partial charge on any atom is -0.324 e. The van der Waals surface area contributed by atoms with E-state index in [4.69, 9.17) is 0 Å². The summed E-state index contributed by atoms with van der Waals surface area (Å²) in [6.45, 7) is 9.33. The second-order valence-electron chi connectivity index (χ2n) is 6.76. The van der Waals surface area contributed by atoms with Gasteiger partial charge in [-0.15, -0.1) is 11.3 Å². The Hall–Kier alpha value is -2.35. The number of rotatable bonds is 5. The van der Waals surface area contributed by atoms with Crippen LogP contribution in [0.1, 0.15) is 16.3 Å². The predicted molar refractivity (Wildman–Crippen MR) is 110 cm³/mol. The molecule has 2 aromatic heterocycles. The van der Waals surface area contributed by atoms with E-state index in [1.807, 2.05) is 19.9 Å². The fourth-order valence-corrected chi connectivity index (χ4v) is 4.21. The first-order valence-corrected chi connectivity index (χ1v) is 10.1. The van der Waals surface area contributed by atoms with E-state index in [2.05, 4.69) is 54.8 Å². The maximum Gasteiger partial charge on any atom is 0.227 e. The fraction of sp³-hybridized carbons (Fsp3) is 0.350. The van der Waals surface area contributed by atoms with Gasteiger partial charge in [-0.05, 0) is 37.6 Å². The van der Waals surface area contributed by atoms with Gasteiger partial charge in [-0.2, -0.15) is 0 Å². The average molecular weight is 381 g/mol. The molecule has 0 unspecified atom stereocenters. The van der Waals surface area contributed by atoms with Crippen LogP contribution in [0.2, 0.25) is 0 Å². The number of piperazine rings is 1. The molecule has 27 heavy (non-hydrogen) atoms. The third-order valence-corrected chi connectivity index (χ3v) is 5.69. The summed E-state index contributed by atoms with van der Waals surface area (Å²) in [5.41, 5.74) is 4.23. The number of aromatic nitrogens is 3. The molecule has 7 heteroatoms.